The Morgan fingerprint density at radius 1 is 0.857 bits per heavy atom. The van der Waals surface area contributed by atoms with E-state index in [1.54, 1.807) is 0 Å². The lowest BCUT2D eigenvalue weighted by molar-refractivity contribution is -0.263. The summed E-state index contributed by atoms with van der Waals surface area (Å²) in [4.78, 5) is 65.6. The molecule has 0 aromatic rings. The van der Waals surface area contributed by atoms with Crippen LogP contribution in [0.5, 0.6) is 0 Å². The molecule has 1 N–H and O–H groups in total. The number of rotatable bonds is 9. The fourth-order valence-electron chi connectivity index (χ4n) is 2.46. The average Bonchev–Trinajstić information content (AvgIpc) is 2.67. The van der Waals surface area contributed by atoms with Crippen LogP contribution in [0.25, 0.3) is 0 Å². The number of aliphatic carboxylic acids is 1. The van der Waals surface area contributed by atoms with Gasteiger partial charge in [0.05, 0.1) is 24.7 Å². The summed E-state index contributed by atoms with van der Waals surface area (Å²) in [5.41, 5.74) is 0.221. The van der Waals surface area contributed by atoms with Crippen molar-refractivity contribution in [3.05, 3.63) is 12.2 Å². The maximum absolute atomic E-state index is 11.8. The van der Waals surface area contributed by atoms with Gasteiger partial charge in [0, 0.05) is 5.57 Å². The molecule has 0 aliphatic heterocycles. The summed E-state index contributed by atoms with van der Waals surface area (Å²) in [5.74, 6) is -4.84. The van der Waals surface area contributed by atoms with Crippen molar-refractivity contribution in [1.29, 1.82) is 0 Å². The molecule has 1 aliphatic carbocycles. The van der Waals surface area contributed by atoms with Gasteiger partial charge < -0.3 is 14.6 Å². The molecule has 0 amide bonds. The molecule has 0 atom stereocenters. The van der Waals surface area contributed by atoms with Crippen molar-refractivity contribution in [3.63, 3.8) is 0 Å². The second-order valence-corrected chi connectivity index (χ2v) is 6.38. The molecule has 10 nitrogen and oxygen atoms in total. The van der Waals surface area contributed by atoms with Crippen LogP contribution in [0.4, 0.5) is 0 Å². The molecule has 28 heavy (non-hydrogen) atoms. The SMILES string of the molecule is C=C(C)C(=O)OCCOC(=O)CCC(=O)OOC(=O)C1CCC(C(=O)O)CC1. The first-order chi connectivity index (χ1) is 13.2. The lowest BCUT2D eigenvalue weighted by Crippen LogP contribution is -2.27. The van der Waals surface area contributed by atoms with E-state index in [0.29, 0.717) is 25.7 Å². The molecule has 10 heteroatoms. The van der Waals surface area contributed by atoms with Gasteiger partial charge in [-0.3, -0.25) is 9.59 Å². The van der Waals surface area contributed by atoms with E-state index in [2.05, 4.69) is 16.4 Å². The summed E-state index contributed by atoms with van der Waals surface area (Å²) in [6, 6.07) is 0. The largest absolute Gasteiger partial charge is 0.481 e. The van der Waals surface area contributed by atoms with E-state index in [1.807, 2.05) is 0 Å². The first-order valence-corrected chi connectivity index (χ1v) is 8.83. The second-order valence-electron chi connectivity index (χ2n) is 6.38. The molecule has 0 radical (unpaired) electrons. The number of carbonyl (C=O) groups excluding carboxylic acids is 4. The topological polar surface area (TPSA) is 142 Å². The van der Waals surface area contributed by atoms with Crippen LogP contribution in [0, 0.1) is 11.8 Å². The van der Waals surface area contributed by atoms with Gasteiger partial charge in [-0.2, -0.15) is 0 Å². The van der Waals surface area contributed by atoms with Crippen molar-refractivity contribution in [3.8, 4) is 0 Å². The number of hydrogen-bond acceptors (Lipinski definition) is 9. The van der Waals surface area contributed by atoms with Crippen LogP contribution in [-0.2, 0) is 43.2 Å². The Kier molecular flexibility index (Phi) is 9.69. The zero-order valence-electron chi connectivity index (χ0n) is 15.6. The van der Waals surface area contributed by atoms with E-state index in [9.17, 15) is 24.0 Å². The average molecular weight is 400 g/mol. The molecule has 0 saturated heterocycles. The summed E-state index contributed by atoms with van der Waals surface area (Å²) >= 11 is 0. The van der Waals surface area contributed by atoms with Gasteiger partial charge in [0.15, 0.2) is 0 Å². The molecule has 0 bridgehead atoms. The molecule has 0 aromatic heterocycles. The van der Waals surface area contributed by atoms with Crippen LogP contribution in [0.15, 0.2) is 12.2 Å². The van der Waals surface area contributed by atoms with E-state index in [-0.39, 0.29) is 31.6 Å². The highest BCUT2D eigenvalue weighted by molar-refractivity contribution is 5.86. The Hall–Kier alpha value is -2.91. The zero-order valence-corrected chi connectivity index (χ0v) is 15.6. The predicted octanol–water partition coefficient (Wildman–Crippen LogP) is 1.32. The van der Waals surface area contributed by atoms with Crippen molar-refractivity contribution < 1.29 is 48.3 Å². The van der Waals surface area contributed by atoms with Gasteiger partial charge in [-0.25, -0.2) is 24.2 Å². The Balaban J connectivity index is 2.13. The van der Waals surface area contributed by atoms with Gasteiger partial charge >= 0.3 is 29.8 Å². The van der Waals surface area contributed by atoms with Crippen molar-refractivity contribution in [2.75, 3.05) is 13.2 Å². The van der Waals surface area contributed by atoms with Crippen molar-refractivity contribution in [1.82, 2.24) is 0 Å². The van der Waals surface area contributed by atoms with Crippen LogP contribution in [-0.4, -0.2) is 48.2 Å². The van der Waals surface area contributed by atoms with Crippen LogP contribution in [0.2, 0.25) is 0 Å². The standard InChI is InChI=1S/C18H24O10/c1-11(2)17(23)26-10-9-25-14(19)7-8-15(20)27-28-18(24)13-5-3-12(4-6-13)16(21)22/h12-13H,1,3-10H2,2H3,(H,21,22). The van der Waals surface area contributed by atoms with Gasteiger partial charge in [0.1, 0.15) is 13.2 Å². The second kappa shape index (κ2) is 11.7. The molecular formula is C18H24O10. The fourth-order valence-corrected chi connectivity index (χ4v) is 2.46. The number of carboxylic acids is 1. The molecule has 0 aromatic carbocycles. The van der Waals surface area contributed by atoms with E-state index < -0.39 is 41.7 Å². The summed E-state index contributed by atoms with van der Waals surface area (Å²) in [6.07, 6.45) is 0.746. The highest BCUT2D eigenvalue weighted by Gasteiger charge is 2.31. The first kappa shape index (κ1) is 23.1. The third kappa shape index (κ3) is 8.65. The number of carboxylic acid groups (broad SMARTS) is 1. The minimum absolute atomic E-state index is 0.135. The molecule has 0 spiro atoms. The molecule has 1 saturated carbocycles. The normalized spacial score (nSPS) is 18.5. The minimum atomic E-state index is -0.918. The van der Waals surface area contributed by atoms with Gasteiger partial charge in [-0.15, -0.1) is 0 Å². The predicted molar refractivity (Wildman–Crippen MR) is 91.2 cm³/mol. The number of hydrogen-bond donors (Lipinski definition) is 1. The molecule has 1 aliphatic rings. The van der Waals surface area contributed by atoms with Crippen LogP contribution < -0.4 is 0 Å². The lowest BCUT2D eigenvalue weighted by Gasteiger charge is -2.23. The Morgan fingerprint density at radius 2 is 1.39 bits per heavy atom. The van der Waals surface area contributed by atoms with Crippen LogP contribution >= 0.6 is 0 Å². The van der Waals surface area contributed by atoms with Crippen molar-refractivity contribution in [2.45, 2.75) is 45.4 Å². The minimum Gasteiger partial charge on any atom is -0.481 e. The maximum Gasteiger partial charge on any atom is 0.358 e. The molecule has 1 fully saturated rings. The van der Waals surface area contributed by atoms with Gasteiger partial charge in [0.25, 0.3) is 0 Å². The Bertz CT molecular complexity index is 616. The summed E-state index contributed by atoms with van der Waals surface area (Å²) in [6.45, 7) is 4.57. The van der Waals surface area contributed by atoms with Crippen molar-refractivity contribution in [2.24, 2.45) is 11.8 Å². The zero-order chi connectivity index (χ0) is 21.1. The molecule has 0 heterocycles. The quantitative estimate of drug-likeness (QED) is 0.198. The maximum atomic E-state index is 11.8. The molecule has 0 unspecified atom stereocenters. The monoisotopic (exact) mass is 400 g/mol. The number of ether oxygens (including phenoxy) is 2. The van der Waals surface area contributed by atoms with Gasteiger partial charge in [0.2, 0.25) is 0 Å². The molecule has 1 rings (SSSR count). The number of esters is 2. The van der Waals surface area contributed by atoms with E-state index in [0.717, 1.165) is 0 Å². The van der Waals surface area contributed by atoms with E-state index in [1.165, 1.54) is 6.92 Å². The van der Waals surface area contributed by atoms with Gasteiger partial charge in [-0.05, 0) is 32.6 Å². The fraction of sp³-hybridized carbons (Fsp3) is 0.611. The lowest BCUT2D eigenvalue weighted by atomic mass is 9.82. The highest BCUT2D eigenvalue weighted by Crippen LogP contribution is 2.29. The Labute approximate surface area is 161 Å². The molecular weight excluding hydrogens is 376 g/mol. The van der Waals surface area contributed by atoms with E-state index >= 15 is 0 Å². The third-order valence-corrected chi connectivity index (χ3v) is 4.09. The first-order valence-electron chi connectivity index (χ1n) is 8.83. The van der Waals surface area contributed by atoms with E-state index in [4.69, 9.17) is 14.6 Å². The van der Waals surface area contributed by atoms with Crippen LogP contribution in [0.3, 0.4) is 0 Å². The summed E-state index contributed by atoms with van der Waals surface area (Å²) < 4.78 is 9.49. The molecule has 156 valence electrons. The smallest absolute Gasteiger partial charge is 0.358 e. The highest BCUT2D eigenvalue weighted by atomic mass is 17.2. The van der Waals surface area contributed by atoms with Gasteiger partial charge in [-0.1, -0.05) is 6.58 Å². The van der Waals surface area contributed by atoms with Crippen molar-refractivity contribution >= 4 is 29.8 Å². The third-order valence-electron chi connectivity index (χ3n) is 4.09. The summed E-state index contributed by atoms with van der Waals surface area (Å²) in [5, 5.41) is 8.91. The van der Waals surface area contributed by atoms with Crippen LogP contribution in [0.1, 0.15) is 45.4 Å². The number of carbonyl (C=O) groups is 5. The Morgan fingerprint density at radius 3 is 1.96 bits per heavy atom. The summed E-state index contributed by atoms with van der Waals surface area (Å²) in [7, 11) is 0.